The number of aliphatic hydroxyl groups is 1. The third kappa shape index (κ3) is 2.78. The van der Waals surface area contributed by atoms with E-state index in [0.717, 1.165) is 31.2 Å². The maximum absolute atomic E-state index is 13.8. The minimum Gasteiger partial charge on any atom is -0.497 e. The normalized spacial score (nSPS) is 24.6. The predicted molar refractivity (Wildman–Crippen MR) is 64.7 cm³/mol. The Hall–Kier alpha value is -1.09. The molecule has 0 bridgehead atoms. The van der Waals surface area contributed by atoms with Crippen LogP contribution in [0, 0.1) is 11.7 Å². The lowest BCUT2D eigenvalue weighted by atomic mass is 9.79. The number of hydrogen-bond acceptors (Lipinski definition) is 2. The van der Waals surface area contributed by atoms with Crippen LogP contribution < -0.4 is 4.74 Å². The van der Waals surface area contributed by atoms with Crippen LogP contribution in [0.15, 0.2) is 18.2 Å². The van der Waals surface area contributed by atoms with Gasteiger partial charge in [-0.25, -0.2) is 4.39 Å². The van der Waals surface area contributed by atoms with E-state index in [1.807, 2.05) is 0 Å². The highest BCUT2D eigenvalue weighted by atomic mass is 19.1. The number of methoxy groups -OCH3 is 1. The summed E-state index contributed by atoms with van der Waals surface area (Å²) in [5, 5.41) is 9.09. The van der Waals surface area contributed by atoms with Crippen molar-refractivity contribution in [3.63, 3.8) is 0 Å². The number of halogens is 1. The van der Waals surface area contributed by atoms with Crippen LogP contribution in [0.5, 0.6) is 5.75 Å². The molecule has 1 aliphatic rings. The van der Waals surface area contributed by atoms with Crippen molar-refractivity contribution < 1.29 is 14.2 Å². The Balaban J connectivity index is 2.12. The molecule has 0 aliphatic heterocycles. The lowest BCUT2D eigenvalue weighted by Gasteiger charge is -2.28. The zero-order chi connectivity index (χ0) is 12.3. The van der Waals surface area contributed by atoms with Gasteiger partial charge in [-0.1, -0.05) is 0 Å². The lowest BCUT2D eigenvalue weighted by Crippen LogP contribution is -2.16. The number of aliphatic hydroxyl groups excluding tert-OH is 1. The van der Waals surface area contributed by atoms with Crippen LogP contribution in [-0.2, 0) is 0 Å². The molecule has 0 saturated heterocycles. The van der Waals surface area contributed by atoms with Crippen LogP contribution >= 0.6 is 0 Å². The van der Waals surface area contributed by atoms with Gasteiger partial charge in [0.15, 0.2) is 0 Å². The van der Waals surface area contributed by atoms with Gasteiger partial charge in [0.25, 0.3) is 0 Å². The van der Waals surface area contributed by atoms with Gasteiger partial charge in [-0.05, 0) is 61.3 Å². The summed E-state index contributed by atoms with van der Waals surface area (Å²) in [6.07, 6.45) is 3.88. The summed E-state index contributed by atoms with van der Waals surface area (Å²) in [5.74, 6) is 1.25. The predicted octanol–water partition coefficient (Wildman–Crippen LogP) is 3.10. The van der Waals surface area contributed by atoms with E-state index in [2.05, 4.69) is 0 Å². The van der Waals surface area contributed by atoms with Gasteiger partial charge in [0.05, 0.1) is 7.11 Å². The van der Waals surface area contributed by atoms with E-state index in [9.17, 15) is 4.39 Å². The highest BCUT2D eigenvalue weighted by Crippen LogP contribution is 2.37. The molecule has 1 N–H and O–H groups in total. The van der Waals surface area contributed by atoms with Gasteiger partial charge in [0.1, 0.15) is 11.6 Å². The van der Waals surface area contributed by atoms with Crippen LogP contribution in [0.2, 0.25) is 0 Å². The number of hydrogen-bond donors (Lipinski definition) is 1. The van der Waals surface area contributed by atoms with Crippen molar-refractivity contribution in [2.45, 2.75) is 31.6 Å². The van der Waals surface area contributed by atoms with E-state index in [4.69, 9.17) is 9.84 Å². The van der Waals surface area contributed by atoms with Gasteiger partial charge in [-0.2, -0.15) is 0 Å². The Bertz CT molecular complexity index is 370. The van der Waals surface area contributed by atoms with Gasteiger partial charge in [0, 0.05) is 6.61 Å². The zero-order valence-electron chi connectivity index (χ0n) is 10.2. The van der Waals surface area contributed by atoms with Crippen molar-refractivity contribution in [2.24, 2.45) is 5.92 Å². The molecule has 1 aromatic rings. The number of ether oxygens (including phenoxy) is 1. The minimum atomic E-state index is -0.141. The van der Waals surface area contributed by atoms with E-state index in [1.165, 1.54) is 6.07 Å². The summed E-state index contributed by atoms with van der Waals surface area (Å²) < 4.78 is 18.9. The molecular formula is C14H19FO2. The first-order valence-corrected chi connectivity index (χ1v) is 6.19. The molecule has 2 nitrogen and oxygen atoms in total. The molecule has 3 heteroatoms. The molecule has 94 valence electrons. The molecule has 1 aliphatic carbocycles. The Kier molecular flexibility index (Phi) is 4.00. The molecule has 0 spiro atoms. The van der Waals surface area contributed by atoms with Crippen LogP contribution in [0.3, 0.4) is 0 Å². The van der Waals surface area contributed by atoms with Crippen molar-refractivity contribution in [2.75, 3.05) is 13.7 Å². The zero-order valence-corrected chi connectivity index (χ0v) is 10.2. The Morgan fingerprint density at radius 2 is 2.00 bits per heavy atom. The first-order chi connectivity index (χ1) is 8.24. The fourth-order valence-corrected chi connectivity index (χ4v) is 2.62. The van der Waals surface area contributed by atoms with E-state index in [-0.39, 0.29) is 18.3 Å². The molecule has 0 aromatic heterocycles. The second-order valence-corrected chi connectivity index (χ2v) is 4.79. The van der Waals surface area contributed by atoms with E-state index < -0.39 is 0 Å². The SMILES string of the molecule is COc1ccc(F)c([C@H]2CC[C@H](CO)CC2)c1. The Morgan fingerprint density at radius 1 is 1.29 bits per heavy atom. The Morgan fingerprint density at radius 3 is 2.59 bits per heavy atom. The first kappa shape index (κ1) is 12.4. The summed E-state index contributed by atoms with van der Waals surface area (Å²) in [5.41, 5.74) is 0.765. The van der Waals surface area contributed by atoms with Crippen molar-refractivity contribution in [3.05, 3.63) is 29.6 Å². The van der Waals surface area contributed by atoms with Crippen LogP contribution in [-0.4, -0.2) is 18.8 Å². The van der Waals surface area contributed by atoms with Crippen LogP contribution in [0.4, 0.5) is 4.39 Å². The molecule has 0 amide bonds. The van der Waals surface area contributed by atoms with E-state index >= 15 is 0 Å². The minimum absolute atomic E-state index is 0.141. The summed E-state index contributed by atoms with van der Waals surface area (Å²) in [4.78, 5) is 0. The monoisotopic (exact) mass is 238 g/mol. The molecule has 0 atom stereocenters. The Labute approximate surface area is 101 Å². The maximum atomic E-state index is 13.8. The molecule has 1 fully saturated rings. The largest absolute Gasteiger partial charge is 0.497 e. The highest BCUT2D eigenvalue weighted by Gasteiger charge is 2.24. The van der Waals surface area contributed by atoms with Crippen molar-refractivity contribution in [1.82, 2.24) is 0 Å². The van der Waals surface area contributed by atoms with Gasteiger partial charge >= 0.3 is 0 Å². The first-order valence-electron chi connectivity index (χ1n) is 6.19. The van der Waals surface area contributed by atoms with Gasteiger partial charge < -0.3 is 9.84 Å². The standard InChI is InChI=1S/C14H19FO2/c1-17-12-6-7-14(15)13(8-12)11-4-2-10(9-16)3-5-11/h6-8,10-11,16H,2-5,9H2,1H3/t10-,11-. The number of benzene rings is 1. The fraction of sp³-hybridized carbons (Fsp3) is 0.571. The van der Waals surface area contributed by atoms with Gasteiger partial charge in [-0.3, -0.25) is 0 Å². The topological polar surface area (TPSA) is 29.5 Å². The molecular weight excluding hydrogens is 219 g/mol. The maximum Gasteiger partial charge on any atom is 0.126 e. The molecule has 1 saturated carbocycles. The average Bonchev–Trinajstić information content (AvgIpc) is 2.39. The van der Waals surface area contributed by atoms with Crippen molar-refractivity contribution in [1.29, 1.82) is 0 Å². The van der Waals surface area contributed by atoms with Crippen LogP contribution in [0.25, 0.3) is 0 Å². The molecule has 2 rings (SSSR count). The second-order valence-electron chi connectivity index (χ2n) is 4.79. The molecule has 0 heterocycles. The summed E-state index contributed by atoms with van der Waals surface area (Å²) in [6, 6.07) is 4.93. The van der Waals surface area contributed by atoms with Gasteiger partial charge in [0.2, 0.25) is 0 Å². The van der Waals surface area contributed by atoms with Crippen molar-refractivity contribution in [3.8, 4) is 5.75 Å². The smallest absolute Gasteiger partial charge is 0.126 e. The highest BCUT2D eigenvalue weighted by molar-refractivity contribution is 5.32. The quantitative estimate of drug-likeness (QED) is 0.876. The summed E-state index contributed by atoms with van der Waals surface area (Å²) >= 11 is 0. The fourth-order valence-electron chi connectivity index (χ4n) is 2.62. The third-order valence-electron chi connectivity index (χ3n) is 3.75. The lowest BCUT2D eigenvalue weighted by molar-refractivity contribution is 0.181. The van der Waals surface area contributed by atoms with Crippen molar-refractivity contribution >= 4 is 0 Å². The molecule has 17 heavy (non-hydrogen) atoms. The van der Waals surface area contributed by atoms with Gasteiger partial charge in [-0.15, -0.1) is 0 Å². The average molecular weight is 238 g/mol. The molecule has 1 aromatic carbocycles. The van der Waals surface area contributed by atoms with E-state index in [0.29, 0.717) is 11.7 Å². The number of rotatable bonds is 3. The molecule has 0 unspecified atom stereocenters. The molecule has 0 radical (unpaired) electrons. The second kappa shape index (κ2) is 5.50. The third-order valence-corrected chi connectivity index (χ3v) is 3.75. The summed E-state index contributed by atoms with van der Waals surface area (Å²) in [6.45, 7) is 0.257. The van der Waals surface area contributed by atoms with E-state index in [1.54, 1.807) is 19.2 Å². The summed E-state index contributed by atoms with van der Waals surface area (Å²) in [7, 11) is 1.60. The van der Waals surface area contributed by atoms with Crippen LogP contribution in [0.1, 0.15) is 37.2 Å².